The summed E-state index contributed by atoms with van der Waals surface area (Å²) in [6.45, 7) is 7.41. The molecule has 0 bridgehead atoms. The maximum absolute atomic E-state index is 13.0. The Morgan fingerprint density at radius 2 is 1.86 bits per heavy atom. The summed E-state index contributed by atoms with van der Waals surface area (Å²) in [7, 11) is 1.67. The number of aryl methyl sites for hydroxylation is 2. The first-order valence-electron chi connectivity index (χ1n) is 9.80. The van der Waals surface area contributed by atoms with Gasteiger partial charge in [0.2, 0.25) is 5.91 Å². The fraction of sp³-hybridized carbons (Fsp3) is 0.348. The molecule has 146 valence electrons. The lowest BCUT2D eigenvalue weighted by Gasteiger charge is -2.36. The number of piperazine rings is 1. The number of hydrogen-bond acceptors (Lipinski definition) is 3. The number of carbonyl (C=O) groups excluding carboxylic acids is 1. The molecule has 0 spiro atoms. The van der Waals surface area contributed by atoms with E-state index in [-0.39, 0.29) is 5.91 Å². The summed E-state index contributed by atoms with van der Waals surface area (Å²) < 4.78 is 5.36. The summed E-state index contributed by atoms with van der Waals surface area (Å²) in [4.78, 5) is 20.7. The molecule has 1 fully saturated rings. The third-order valence-electron chi connectivity index (χ3n) is 5.65. The first-order valence-corrected chi connectivity index (χ1v) is 9.80. The van der Waals surface area contributed by atoms with Crippen LogP contribution in [0, 0.1) is 13.8 Å². The highest BCUT2D eigenvalue weighted by Gasteiger charge is 2.23. The predicted molar refractivity (Wildman–Crippen MR) is 113 cm³/mol. The number of anilines is 1. The van der Waals surface area contributed by atoms with Gasteiger partial charge in [0.05, 0.1) is 13.5 Å². The molecule has 4 rings (SSSR count). The van der Waals surface area contributed by atoms with Crippen LogP contribution in [-0.2, 0) is 11.2 Å². The Balaban J connectivity index is 1.45. The lowest BCUT2D eigenvalue weighted by molar-refractivity contribution is -0.130. The third-order valence-corrected chi connectivity index (χ3v) is 5.65. The molecule has 1 aliphatic heterocycles. The summed E-state index contributed by atoms with van der Waals surface area (Å²) in [5, 5.41) is 1.07. The number of ether oxygens (including phenoxy) is 1. The van der Waals surface area contributed by atoms with Gasteiger partial charge in [-0.2, -0.15) is 0 Å². The highest BCUT2D eigenvalue weighted by Crippen LogP contribution is 2.27. The molecular formula is C23H27N3O2. The van der Waals surface area contributed by atoms with Crippen LogP contribution >= 0.6 is 0 Å². The van der Waals surface area contributed by atoms with E-state index in [4.69, 9.17) is 4.74 Å². The van der Waals surface area contributed by atoms with E-state index in [9.17, 15) is 4.79 Å². The molecule has 5 nitrogen and oxygen atoms in total. The van der Waals surface area contributed by atoms with Crippen LogP contribution in [0.4, 0.5) is 5.69 Å². The van der Waals surface area contributed by atoms with Crippen LogP contribution in [0.5, 0.6) is 5.75 Å². The third kappa shape index (κ3) is 3.57. The molecule has 1 amide bonds. The summed E-state index contributed by atoms with van der Waals surface area (Å²) in [5.74, 6) is 1.00. The number of benzene rings is 2. The molecule has 0 unspecified atom stereocenters. The molecule has 0 saturated carbocycles. The lowest BCUT2D eigenvalue weighted by Crippen LogP contribution is -2.49. The normalized spacial score (nSPS) is 14.5. The maximum Gasteiger partial charge on any atom is 0.227 e. The van der Waals surface area contributed by atoms with E-state index in [2.05, 4.69) is 41.1 Å². The highest BCUT2D eigenvalue weighted by molar-refractivity contribution is 5.91. The second-order valence-electron chi connectivity index (χ2n) is 7.52. The number of carbonyl (C=O) groups is 1. The Labute approximate surface area is 165 Å². The Hall–Kier alpha value is -2.95. The average Bonchev–Trinajstić information content (AvgIpc) is 3.02. The maximum atomic E-state index is 13.0. The number of amides is 1. The van der Waals surface area contributed by atoms with Crippen molar-refractivity contribution in [1.82, 2.24) is 9.88 Å². The molecule has 0 aliphatic carbocycles. The molecule has 3 aromatic rings. The van der Waals surface area contributed by atoms with Gasteiger partial charge in [0.25, 0.3) is 0 Å². The standard InChI is InChI=1S/C23H27N3O2/c1-16-5-4-6-18(13-16)25-9-11-26(12-10-25)23(27)15-20-17(2)24-22-8-7-19(28-3)14-21(20)22/h4-8,13-14,24H,9-12,15H2,1-3H3. The van der Waals surface area contributed by atoms with Crippen molar-refractivity contribution in [1.29, 1.82) is 0 Å². The fourth-order valence-corrected chi connectivity index (χ4v) is 4.02. The van der Waals surface area contributed by atoms with Crippen molar-refractivity contribution in [2.45, 2.75) is 20.3 Å². The lowest BCUT2D eigenvalue weighted by atomic mass is 10.1. The van der Waals surface area contributed by atoms with Gasteiger partial charge in [0.15, 0.2) is 0 Å². The number of hydrogen-bond donors (Lipinski definition) is 1. The van der Waals surface area contributed by atoms with Crippen LogP contribution in [0.2, 0.25) is 0 Å². The van der Waals surface area contributed by atoms with Gasteiger partial charge in [-0.25, -0.2) is 0 Å². The number of methoxy groups -OCH3 is 1. The first-order chi connectivity index (χ1) is 13.5. The molecule has 5 heteroatoms. The number of H-pyrrole nitrogens is 1. The van der Waals surface area contributed by atoms with Crippen molar-refractivity contribution in [2.24, 2.45) is 0 Å². The summed E-state index contributed by atoms with van der Waals surface area (Å²) >= 11 is 0. The zero-order chi connectivity index (χ0) is 19.7. The van der Waals surface area contributed by atoms with Crippen molar-refractivity contribution in [3.8, 4) is 5.75 Å². The van der Waals surface area contributed by atoms with Crippen molar-refractivity contribution in [3.63, 3.8) is 0 Å². The van der Waals surface area contributed by atoms with E-state index >= 15 is 0 Å². The van der Waals surface area contributed by atoms with Gasteiger partial charge in [0.1, 0.15) is 5.75 Å². The molecule has 1 aliphatic rings. The van der Waals surface area contributed by atoms with Crippen LogP contribution in [-0.4, -0.2) is 49.1 Å². The molecule has 28 heavy (non-hydrogen) atoms. The van der Waals surface area contributed by atoms with Crippen LogP contribution in [0.25, 0.3) is 10.9 Å². The Morgan fingerprint density at radius 1 is 1.07 bits per heavy atom. The van der Waals surface area contributed by atoms with Crippen LogP contribution < -0.4 is 9.64 Å². The number of rotatable bonds is 4. The number of aromatic amines is 1. The average molecular weight is 377 g/mol. The second-order valence-corrected chi connectivity index (χ2v) is 7.52. The van der Waals surface area contributed by atoms with Gasteiger partial charge in [-0.1, -0.05) is 12.1 Å². The van der Waals surface area contributed by atoms with Gasteiger partial charge in [-0.3, -0.25) is 4.79 Å². The topological polar surface area (TPSA) is 48.6 Å². The van der Waals surface area contributed by atoms with Gasteiger partial charge in [-0.05, 0) is 55.3 Å². The minimum absolute atomic E-state index is 0.190. The van der Waals surface area contributed by atoms with Crippen LogP contribution in [0.3, 0.4) is 0 Å². The van der Waals surface area contributed by atoms with E-state index in [1.165, 1.54) is 11.3 Å². The number of fused-ring (bicyclic) bond motifs is 1. The van der Waals surface area contributed by atoms with Gasteiger partial charge < -0.3 is 19.5 Å². The minimum Gasteiger partial charge on any atom is -0.497 e. The van der Waals surface area contributed by atoms with Crippen molar-refractivity contribution < 1.29 is 9.53 Å². The zero-order valence-corrected chi connectivity index (χ0v) is 16.8. The van der Waals surface area contributed by atoms with Gasteiger partial charge >= 0.3 is 0 Å². The number of nitrogens with zero attached hydrogens (tertiary/aromatic N) is 2. The Bertz CT molecular complexity index is 1000. The largest absolute Gasteiger partial charge is 0.497 e. The molecule has 0 atom stereocenters. The van der Waals surface area contributed by atoms with E-state index in [0.29, 0.717) is 6.42 Å². The highest BCUT2D eigenvalue weighted by atomic mass is 16.5. The molecule has 1 aromatic heterocycles. The van der Waals surface area contributed by atoms with E-state index in [1.54, 1.807) is 7.11 Å². The fourth-order valence-electron chi connectivity index (χ4n) is 4.02. The van der Waals surface area contributed by atoms with E-state index in [0.717, 1.165) is 54.1 Å². The van der Waals surface area contributed by atoms with Crippen molar-refractivity contribution in [3.05, 3.63) is 59.3 Å². The Kier molecular flexibility index (Phi) is 4.99. The van der Waals surface area contributed by atoms with Crippen molar-refractivity contribution >= 4 is 22.5 Å². The zero-order valence-electron chi connectivity index (χ0n) is 16.8. The molecule has 1 N–H and O–H groups in total. The van der Waals surface area contributed by atoms with Gasteiger partial charge in [0, 0.05) is 48.5 Å². The summed E-state index contributed by atoms with van der Waals surface area (Å²) in [6, 6.07) is 14.5. The number of aromatic nitrogens is 1. The number of nitrogens with one attached hydrogen (secondary N) is 1. The molecular weight excluding hydrogens is 350 g/mol. The smallest absolute Gasteiger partial charge is 0.227 e. The van der Waals surface area contributed by atoms with Gasteiger partial charge in [-0.15, -0.1) is 0 Å². The molecule has 0 radical (unpaired) electrons. The Morgan fingerprint density at radius 3 is 2.57 bits per heavy atom. The molecule has 1 saturated heterocycles. The predicted octanol–water partition coefficient (Wildman–Crippen LogP) is 3.68. The van der Waals surface area contributed by atoms with E-state index < -0.39 is 0 Å². The SMILES string of the molecule is COc1ccc2[nH]c(C)c(CC(=O)N3CCN(c4cccc(C)c4)CC3)c2c1. The summed E-state index contributed by atoms with van der Waals surface area (Å²) in [5.41, 5.74) is 5.67. The summed E-state index contributed by atoms with van der Waals surface area (Å²) in [6.07, 6.45) is 0.420. The van der Waals surface area contributed by atoms with E-state index in [1.807, 2.05) is 30.0 Å². The van der Waals surface area contributed by atoms with Crippen LogP contribution in [0.15, 0.2) is 42.5 Å². The first kappa shape index (κ1) is 18.4. The monoisotopic (exact) mass is 377 g/mol. The minimum atomic E-state index is 0.190. The molecule has 2 aromatic carbocycles. The quantitative estimate of drug-likeness (QED) is 0.754. The molecule has 2 heterocycles. The van der Waals surface area contributed by atoms with Crippen molar-refractivity contribution in [2.75, 3.05) is 38.2 Å². The van der Waals surface area contributed by atoms with Crippen LogP contribution in [0.1, 0.15) is 16.8 Å². The second kappa shape index (κ2) is 7.58.